The lowest BCUT2D eigenvalue weighted by Gasteiger charge is -2.15. The van der Waals surface area contributed by atoms with Crippen LogP contribution in [0.2, 0.25) is 0 Å². The quantitative estimate of drug-likeness (QED) is 0.574. The number of hydrogen-bond acceptors (Lipinski definition) is 7. The van der Waals surface area contributed by atoms with Gasteiger partial charge in [0.25, 0.3) is 11.8 Å². The van der Waals surface area contributed by atoms with Crippen LogP contribution in [-0.4, -0.2) is 39.8 Å². The fourth-order valence-corrected chi connectivity index (χ4v) is 3.61. The number of carbonyl (C=O) groups excluding carboxylic acids is 2. The molecule has 144 valence electrons. The van der Waals surface area contributed by atoms with Gasteiger partial charge in [-0.2, -0.15) is 5.01 Å². The predicted molar refractivity (Wildman–Crippen MR) is 111 cm³/mol. The van der Waals surface area contributed by atoms with E-state index in [1.807, 2.05) is 13.0 Å². The van der Waals surface area contributed by atoms with Gasteiger partial charge in [0.2, 0.25) is 0 Å². The summed E-state index contributed by atoms with van der Waals surface area (Å²) in [6.07, 6.45) is 4.66. The molecule has 0 unspecified atom stereocenters. The standard InChI is InChI=1S/C19H17N3O4S2/c1-3-26-14-7-6-12(9-15(14)25-2)10-16-18(24)22(19(27)28-16)21-17(23)13-5-4-8-20-11-13/h4-11H,3H2,1-2H3,(H,21,23)/b16-10+. The summed E-state index contributed by atoms with van der Waals surface area (Å²) in [6, 6.07) is 8.60. The van der Waals surface area contributed by atoms with Crippen molar-refractivity contribution in [1.82, 2.24) is 15.4 Å². The highest BCUT2D eigenvalue weighted by atomic mass is 32.2. The summed E-state index contributed by atoms with van der Waals surface area (Å²) in [5.74, 6) is 0.322. The second-order valence-electron chi connectivity index (χ2n) is 5.54. The van der Waals surface area contributed by atoms with Crippen LogP contribution in [-0.2, 0) is 4.79 Å². The van der Waals surface area contributed by atoms with Crippen LogP contribution < -0.4 is 14.9 Å². The minimum atomic E-state index is -0.464. The number of methoxy groups -OCH3 is 1. The van der Waals surface area contributed by atoms with Gasteiger partial charge in [-0.1, -0.05) is 17.8 Å². The molecule has 1 fully saturated rings. The molecule has 3 rings (SSSR count). The zero-order valence-corrected chi connectivity index (χ0v) is 16.8. The van der Waals surface area contributed by atoms with E-state index in [2.05, 4.69) is 10.4 Å². The normalized spacial score (nSPS) is 15.1. The molecule has 1 N–H and O–H groups in total. The molecular formula is C19H17N3O4S2. The Morgan fingerprint density at radius 2 is 2.18 bits per heavy atom. The molecule has 1 aromatic heterocycles. The first kappa shape index (κ1) is 19.8. The van der Waals surface area contributed by atoms with Gasteiger partial charge in [-0.25, -0.2) is 0 Å². The third-order valence-electron chi connectivity index (χ3n) is 3.72. The molecular weight excluding hydrogens is 398 g/mol. The van der Waals surface area contributed by atoms with E-state index in [-0.39, 0.29) is 4.32 Å². The zero-order valence-electron chi connectivity index (χ0n) is 15.2. The Bertz CT molecular complexity index is 947. The first-order valence-electron chi connectivity index (χ1n) is 8.33. The number of thioether (sulfide) groups is 1. The van der Waals surface area contributed by atoms with Crippen LogP contribution in [0.1, 0.15) is 22.8 Å². The Labute approximate surface area is 171 Å². The predicted octanol–water partition coefficient (Wildman–Crippen LogP) is 3.04. The van der Waals surface area contributed by atoms with E-state index in [4.69, 9.17) is 21.7 Å². The number of amides is 2. The second-order valence-corrected chi connectivity index (χ2v) is 7.22. The van der Waals surface area contributed by atoms with Crippen molar-refractivity contribution < 1.29 is 19.1 Å². The molecule has 0 radical (unpaired) electrons. The number of pyridine rings is 1. The first-order valence-corrected chi connectivity index (χ1v) is 9.55. The van der Waals surface area contributed by atoms with Crippen molar-refractivity contribution in [2.75, 3.05) is 13.7 Å². The number of aromatic nitrogens is 1. The Morgan fingerprint density at radius 3 is 2.86 bits per heavy atom. The fourth-order valence-electron chi connectivity index (χ4n) is 2.43. The Hall–Kier alpha value is -2.91. The van der Waals surface area contributed by atoms with E-state index >= 15 is 0 Å². The number of hydrogen-bond donors (Lipinski definition) is 1. The van der Waals surface area contributed by atoms with Crippen molar-refractivity contribution in [3.63, 3.8) is 0 Å². The molecule has 2 aromatic rings. The number of carbonyl (C=O) groups is 2. The summed E-state index contributed by atoms with van der Waals surface area (Å²) in [5, 5.41) is 1.06. The van der Waals surface area contributed by atoms with Gasteiger partial charge >= 0.3 is 0 Å². The summed E-state index contributed by atoms with van der Waals surface area (Å²) < 4.78 is 11.1. The van der Waals surface area contributed by atoms with Gasteiger partial charge in [-0.05, 0) is 55.0 Å². The molecule has 2 heterocycles. The van der Waals surface area contributed by atoms with Gasteiger partial charge in [0, 0.05) is 12.4 Å². The van der Waals surface area contributed by atoms with Crippen molar-refractivity contribution in [2.24, 2.45) is 0 Å². The highest BCUT2D eigenvalue weighted by molar-refractivity contribution is 8.26. The average Bonchev–Trinajstić information content (AvgIpc) is 2.97. The molecule has 0 atom stereocenters. The topological polar surface area (TPSA) is 80.8 Å². The Morgan fingerprint density at radius 1 is 1.36 bits per heavy atom. The monoisotopic (exact) mass is 415 g/mol. The van der Waals surface area contributed by atoms with Crippen molar-refractivity contribution in [3.05, 3.63) is 58.8 Å². The first-order chi connectivity index (χ1) is 13.5. The number of nitrogens with one attached hydrogen (secondary N) is 1. The maximum atomic E-state index is 12.7. The molecule has 1 saturated heterocycles. The number of rotatable bonds is 6. The fraction of sp³-hybridized carbons (Fsp3) is 0.158. The highest BCUT2D eigenvalue weighted by Gasteiger charge is 2.33. The number of nitrogens with zero attached hydrogens (tertiary/aromatic N) is 2. The van der Waals surface area contributed by atoms with Gasteiger partial charge in [-0.3, -0.25) is 20.0 Å². The molecule has 7 nitrogen and oxygen atoms in total. The minimum Gasteiger partial charge on any atom is -0.493 e. The summed E-state index contributed by atoms with van der Waals surface area (Å²) in [6.45, 7) is 2.41. The smallest absolute Gasteiger partial charge is 0.285 e. The van der Waals surface area contributed by atoms with E-state index in [1.165, 1.54) is 6.20 Å². The molecule has 1 aromatic carbocycles. The van der Waals surface area contributed by atoms with Crippen LogP contribution in [0.15, 0.2) is 47.6 Å². The number of ether oxygens (including phenoxy) is 2. The van der Waals surface area contributed by atoms with Crippen molar-refractivity contribution in [3.8, 4) is 11.5 Å². The molecule has 28 heavy (non-hydrogen) atoms. The van der Waals surface area contributed by atoms with Gasteiger partial charge in [0.1, 0.15) is 0 Å². The molecule has 2 amide bonds. The lowest BCUT2D eigenvalue weighted by atomic mass is 10.2. The van der Waals surface area contributed by atoms with E-state index in [1.54, 1.807) is 43.6 Å². The van der Waals surface area contributed by atoms with Crippen LogP contribution in [0.25, 0.3) is 6.08 Å². The molecule has 1 aliphatic rings. The molecule has 9 heteroatoms. The highest BCUT2D eigenvalue weighted by Crippen LogP contribution is 2.34. The summed E-state index contributed by atoms with van der Waals surface area (Å²) >= 11 is 6.34. The third-order valence-corrected chi connectivity index (χ3v) is 5.02. The van der Waals surface area contributed by atoms with Crippen molar-refractivity contribution in [2.45, 2.75) is 6.92 Å². The number of thiocarbonyl (C=S) groups is 1. The second kappa shape index (κ2) is 8.85. The Balaban J connectivity index is 1.78. The molecule has 0 bridgehead atoms. The average molecular weight is 415 g/mol. The van der Waals surface area contributed by atoms with Crippen LogP contribution in [0, 0.1) is 0 Å². The van der Waals surface area contributed by atoms with Gasteiger partial charge in [0.05, 0.1) is 24.2 Å². The van der Waals surface area contributed by atoms with Crippen molar-refractivity contribution in [1.29, 1.82) is 0 Å². The maximum absolute atomic E-state index is 12.7. The number of benzene rings is 1. The summed E-state index contributed by atoms with van der Waals surface area (Å²) in [5.41, 5.74) is 3.60. The Kier molecular flexibility index (Phi) is 6.27. The molecule has 0 saturated carbocycles. The van der Waals surface area contributed by atoms with Gasteiger partial charge in [-0.15, -0.1) is 0 Å². The minimum absolute atomic E-state index is 0.242. The largest absolute Gasteiger partial charge is 0.493 e. The SMILES string of the molecule is CCOc1ccc(/C=C2/SC(=S)N(NC(=O)c3cccnc3)C2=O)cc1OC. The van der Waals surface area contributed by atoms with E-state index in [0.29, 0.717) is 28.6 Å². The lowest BCUT2D eigenvalue weighted by Crippen LogP contribution is -2.44. The summed E-state index contributed by atoms with van der Waals surface area (Å²) in [7, 11) is 1.55. The summed E-state index contributed by atoms with van der Waals surface area (Å²) in [4.78, 5) is 29.2. The van der Waals surface area contributed by atoms with Crippen LogP contribution in [0.3, 0.4) is 0 Å². The molecule has 0 spiro atoms. The third kappa shape index (κ3) is 4.32. The van der Waals surface area contributed by atoms with Crippen LogP contribution in [0.4, 0.5) is 0 Å². The molecule has 1 aliphatic heterocycles. The number of hydrazine groups is 1. The lowest BCUT2D eigenvalue weighted by molar-refractivity contribution is -0.123. The van der Waals surface area contributed by atoms with Gasteiger partial charge in [0.15, 0.2) is 15.8 Å². The maximum Gasteiger partial charge on any atom is 0.285 e. The zero-order chi connectivity index (χ0) is 20.1. The van der Waals surface area contributed by atoms with E-state index in [9.17, 15) is 9.59 Å². The van der Waals surface area contributed by atoms with Crippen molar-refractivity contribution >= 4 is 46.2 Å². The van der Waals surface area contributed by atoms with E-state index in [0.717, 1.165) is 22.3 Å². The van der Waals surface area contributed by atoms with E-state index < -0.39 is 11.8 Å². The molecule has 0 aliphatic carbocycles. The van der Waals surface area contributed by atoms with Crippen LogP contribution in [0.5, 0.6) is 11.5 Å². The van der Waals surface area contributed by atoms with Crippen LogP contribution >= 0.6 is 24.0 Å². The van der Waals surface area contributed by atoms with Gasteiger partial charge < -0.3 is 9.47 Å².